The predicted octanol–water partition coefficient (Wildman–Crippen LogP) is -2.86. The Morgan fingerprint density at radius 3 is 2.95 bits per heavy atom. The molecule has 0 aromatic carbocycles. The summed E-state index contributed by atoms with van der Waals surface area (Å²) in [4.78, 5) is 22.0. The Hall–Kier alpha value is -1.91. The normalized spacial score (nSPS) is 26.4. The largest absolute Gasteiger partial charge is 0.394 e. The molecule has 20 heavy (non-hydrogen) atoms. The summed E-state index contributed by atoms with van der Waals surface area (Å²) >= 11 is 0. The average Bonchev–Trinajstić information content (AvgIpc) is 2.89. The van der Waals surface area contributed by atoms with E-state index in [2.05, 4.69) is 15.0 Å². The van der Waals surface area contributed by atoms with Crippen LogP contribution >= 0.6 is 0 Å². The Labute approximate surface area is 113 Å². The smallest absolute Gasteiger partial charge is 0.280 e. The van der Waals surface area contributed by atoms with Crippen molar-refractivity contribution in [2.75, 3.05) is 12.3 Å². The average molecular weight is 277 g/mol. The van der Waals surface area contributed by atoms with Crippen molar-refractivity contribution in [1.29, 1.82) is 0 Å². The van der Waals surface area contributed by atoms with Crippen LogP contribution < -0.4 is 17.0 Å². The zero-order valence-electron chi connectivity index (χ0n) is 10.4. The molecule has 0 spiro atoms. The van der Waals surface area contributed by atoms with Gasteiger partial charge in [0.2, 0.25) is 5.95 Å². The van der Waals surface area contributed by atoms with E-state index < -0.39 is 24.0 Å². The van der Waals surface area contributed by atoms with E-state index in [9.17, 15) is 9.90 Å². The minimum atomic E-state index is -0.832. The van der Waals surface area contributed by atoms with Crippen LogP contribution in [0.25, 0.3) is 11.2 Å². The number of imidazole rings is 1. The number of H-pyrrole nitrogens is 1. The fraction of sp³-hybridized carbons (Fsp3) is 0.500. The molecule has 1 unspecified atom stereocenters. The van der Waals surface area contributed by atoms with Gasteiger partial charge in [0.05, 0.1) is 18.4 Å². The highest BCUT2D eigenvalue weighted by Gasteiger charge is 2.36. The summed E-state index contributed by atoms with van der Waals surface area (Å²) in [6, 6.07) is 0. The van der Waals surface area contributed by atoms with E-state index in [4.69, 9.17) is 23.4 Å². The van der Waals surface area contributed by atoms with Gasteiger partial charge in [-0.2, -0.15) is 4.98 Å². The van der Waals surface area contributed by atoms with E-state index in [1.807, 2.05) is 0 Å². The molecule has 0 aliphatic carbocycles. The molecule has 0 saturated carbocycles. The number of aromatic nitrogens is 4. The molecule has 2 aromatic heterocycles. The third-order valence-electron chi connectivity index (χ3n) is 3.27. The molecule has 2 radical (unpaired) electrons. The van der Waals surface area contributed by atoms with Crippen LogP contribution in [0.2, 0.25) is 0 Å². The highest BCUT2D eigenvalue weighted by Crippen LogP contribution is 2.29. The first-order valence-corrected chi connectivity index (χ1v) is 5.99. The quantitative estimate of drug-likeness (QED) is 0.433. The molecule has 10 heteroatoms. The molecule has 3 atom stereocenters. The second-order valence-electron chi connectivity index (χ2n) is 4.58. The fourth-order valence-corrected chi connectivity index (χ4v) is 2.34. The topological polar surface area (TPSA) is 139 Å². The number of nitrogens with one attached hydrogen (secondary N) is 1. The third kappa shape index (κ3) is 1.89. The number of ether oxygens (including phenoxy) is 1. The Morgan fingerprint density at radius 2 is 2.30 bits per heavy atom. The summed E-state index contributed by atoms with van der Waals surface area (Å²) in [5.74, 6) is -0.0686. The lowest BCUT2D eigenvalue weighted by Gasteiger charge is -2.15. The number of aliphatic hydroxyl groups is 2. The van der Waals surface area contributed by atoms with Gasteiger partial charge >= 0.3 is 0 Å². The van der Waals surface area contributed by atoms with Gasteiger partial charge in [-0.05, 0) is 0 Å². The first kappa shape index (κ1) is 13.1. The third-order valence-corrected chi connectivity index (χ3v) is 3.27. The summed E-state index contributed by atoms with van der Waals surface area (Å²) < 4.78 is 6.87. The van der Waals surface area contributed by atoms with Crippen molar-refractivity contribution < 1.29 is 14.9 Å². The van der Waals surface area contributed by atoms with Crippen molar-refractivity contribution in [3.8, 4) is 0 Å². The summed E-state index contributed by atoms with van der Waals surface area (Å²) in [7, 11) is 5.78. The van der Waals surface area contributed by atoms with Crippen LogP contribution in [-0.4, -0.2) is 56.4 Å². The second kappa shape index (κ2) is 4.58. The van der Waals surface area contributed by atoms with Gasteiger partial charge in [-0.25, -0.2) is 4.98 Å². The van der Waals surface area contributed by atoms with Gasteiger partial charge in [0.1, 0.15) is 12.3 Å². The van der Waals surface area contributed by atoms with Gasteiger partial charge in [-0.3, -0.25) is 14.3 Å². The van der Waals surface area contributed by atoms with Crippen LogP contribution in [0.1, 0.15) is 12.6 Å². The summed E-state index contributed by atoms with van der Waals surface area (Å²) in [5.41, 5.74) is 5.25. The Balaban J connectivity index is 2.13. The maximum absolute atomic E-state index is 11.7. The first-order chi connectivity index (χ1) is 9.51. The van der Waals surface area contributed by atoms with E-state index in [-0.39, 0.29) is 35.9 Å². The van der Waals surface area contributed by atoms with Crippen LogP contribution in [0, 0.1) is 0 Å². The van der Waals surface area contributed by atoms with Crippen LogP contribution in [0.15, 0.2) is 4.79 Å². The van der Waals surface area contributed by atoms with E-state index >= 15 is 0 Å². The number of anilines is 1. The Morgan fingerprint density at radius 1 is 1.55 bits per heavy atom. The molecule has 1 aliphatic rings. The van der Waals surface area contributed by atoms with Crippen molar-refractivity contribution in [3.05, 3.63) is 10.4 Å². The number of fused-ring (bicyclic) bond motifs is 1. The minimum Gasteiger partial charge on any atom is -0.394 e. The SMILES string of the molecule is [B]c1nc2c(=O)[nH]c(N)nc2n1[C@H]1CC(O)[C@@H](CO)O1. The molecular weight excluding hydrogens is 265 g/mol. The molecule has 104 valence electrons. The van der Waals surface area contributed by atoms with Gasteiger partial charge in [0.15, 0.2) is 19.0 Å². The maximum Gasteiger partial charge on any atom is 0.280 e. The molecule has 0 bridgehead atoms. The number of aliphatic hydroxyl groups excluding tert-OH is 2. The number of nitrogens with zero attached hydrogens (tertiary/aromatic N) is 3. The predicted molar refractivity (Wildman–Crippen MR) is 69.6 cm³/mol. The number of nitrogen functional groups attached to an aromatic ring is 1. The van der Waals surface area contributed by atoms with E-state index in [0.717, 1.165) is 0 Å². The van der Waals surface area contributed by atoms with Crippen molar-refractivity contribution in [2.24, 2.45) is 0 Å². The number of hydrogen-bond donors (Lipinski definition) is 4. The lowest BCUT2D eigenvalue weighted by atomic mass is 10.1. The van der Waals surface area contributed by atoms with Crippen LogP contribution in [-0.2, 0) is 4.74 Å². The zero-order chi connectivity index (χ0) is 14.4. The number of nitrogens with two attached hydrogens (primary N) is 1. The molecule has 1 fully saturated rings. The van der Waals surface area contributed by atoms with Gasteiger partial charge in [-0.15, -0.1) is 0 Å². The molecule has 1 saturated heterocycles. The fourth-order valence-electron chi connectivity index (χ4n) is 2.34. The standard InChI is InChI=1S/C10H12BN5O4/c11-9-13-6-7(14-10(12)15-8(6)19)16(9)5-1-3(18)4(2-17)20-5/h3-5,17-18H,1-2H2,(H3,12,14,15,19)/t3?,4-,5-/m1/s1. The van der Waals surface area contributed by atoms with E-state index in [1.54, 1.807) is 0 Å². The van der Waals surface area contributed by atoms with Crippen LogP contribution in [0.4, 0.5) is 5.95 Å². The van der Waals surface area contributed by atoms with Crippen LogP contribution in [0.3, 0.4) is 0 Å². The molecule has 0 amide bonds. The van der Waals surface area contributed by atoms with Crippen molar-refractivity contribution in [3.63, 3.8) is 0 Å². The second-order valence-corrected chi connectivity index (χ2v) is 4.58. The highest BCUT2D eigenvalue weighted by atomic mass is 16.5. The van der Waals surface area contributed by atoms with E-state index in [0.29, 0.717) is 0 Å². The van der Waals surface area contributed by atoms with Gasteiger partial charge in [0, 0.05) is 6.42 Å². The first-order valence-electron chi connectivity index (χ1n) is 5.99. The summed E-state index contributed by atoms with van der Waals surface area (Å²) in [6.07, 6.45) is -2.01. The van der Waals surface area contributed by atoms with E-state index in [1.165, 1.54) is 4.57 Å². The zero-order valence-corrected chi connectivity index (χ0v) is 10.4. The highest BCUT2D eigenvalue weighted by molar-refractivity contribution is 6.30. The Bertz CT molecular complexity index is 713. The van der Waals surface area contributed by atoms with Crippen LogP contribution in [0.5, 0.6) is 0 Å². The Kier molecular flexibility index (Phi) is 3.00. The number of hydrogen-bond acceptors (Lipinski definition) is 7. The van der Waals surface area contributed by atoms with Gasteiger partial charge in [0.25, 0.3) is 5.56 Å². The number of aromatic amines is 1. The molecule has 3 heterocycles. The molecule has 5 N–H and O–H groups in total. The lowest BCUT2D eigenvalue weighted by Crippen LogP contribution is -2.26. The molecule has 1 aliphatic heterocycles. The molecule has 2 aromatic rings. The molecule has 3 rings (SSSR count). The van der Waals surface area contributed by atoms with Crippen molar-refractivity contribution >= 4 is 30.7 Å². The molecule has 9 nitrogen and oxygen atoms in total. The van der Waals surface area contributed by atoms with Crippen molar-refractivity contribution in [1.82, 2.24) is 19.5 Å². The summed E-state index contributed by atoms with van der Waals surface area (Å²) in [5, 5.41) is 18.8. The lowest BCUT2D eigenvalue weighted by molar-refractivity contribution is -0.0422. The number of rotatable bonds is 2. The monoisotopic (exact) mass is 277 g/mol. The minimum absolute atomic E-state index is 0.0272. The maximum atomic E-state index is 11.7. The van der Waals surface area contributed by atoms with Gasteiger partial charge < -0.3 is 20.7 Å². The summed E-state index contributed by atoms with van der Waals surface area (Å²) in [6.45, 7) is -0.319. The van der Waals surface area contributed by atoms with Crippen molar-refractivity contribution in [2.45, 2.75) is 24.9 Å². The van der Waals surface area contributed by atoms with Gasteiger partial charge in [-0.1, -0.05) is 0 Å². The molecular formula is C10H12BN5O4.